The molecule has 0 bridgehead atoms. The molecule has 0 aliphatic heterocycles. The Kier molecular flexibility index (Phi) is 7.39. The van der Waals surface area contributed by atoms with Crippen molar-refractivity contribution in [3.63, 3.8) is 0 Å². The van der Waals surface area contributed by atoms with Crippen LogP contribution in [-0.2, 0) is 6.42 Å². The van der Waals surface area contributed by atoms with E-state index in [0.717, 1.165) is 12.8 Å². The van der Waals surface area contributed by atoms with Gasteiger partial charge in [-0.25, -0.2) is 9.37 Å². The SMILES string of the molecule is CCCCCc1ccc(C(=O)N(C)C(C)c2nc3ccccc3c(=O)n2-c2ccc(F)cc2)cc1. The van der Waals surface area contributed by atoms with Crippen LogP contribution < -0.4 is 5.56 Å². The Morgan fingerprint density at radius 3 is 2.37 bits per heavy atom. The van der Waals surface area contributed by atoms with E-state index in [1.165, 1.54) is 35.1 Å². The number of hydrogen-bond acceptors (Lipinski definition) is 3. The monoisotopic (exact) mass is 471 g/mol. The van der Waals surface area contributed by atoms with Crippen molar-refractivity contribution in [1.29, 1.82) is 0 Å². The van der Waals surface area contributed by atoms with Crippen LogP contribution in [-0.4, -0.2) is 27.4 Å². The lowest BCUT2D eigenvalue weighted by Crippen LogP contribution is -2.34. The summed E-state index contributed by atoms with van der Waals surface area (Å²) in [6.45, 7) is 4.02. The summed E-state index contributed by atoms with van der Waals surface area (Å²) in [5.41, 5.74) is 2.58. The van der Waals surface area contributed by atoms with Crippen molar-refractivity contribution in [3.05, 3.63) is 106 Å². The third kappa shape index (κ3) is 5.16. The number of nitrogens with zero attached hydrogens (tertiary/aromatic N) is 3. The third-order valence-corrected chi connectivity index (χ3v) is 6.43. The zero-order valence-corrected chi connectivity index (χ0v) is 20.4. The Balaban J connectivity index is 1.70. The van der Waals surface area contributed by atoms with Gasteiger partial charge in [-0.3, -0.25) is 14.2 Å². The first-order valence-electron chi connectivity index (χ1n) is 12.0. The zero-order chi connectivity index (χ0) is 24.9. The molecule has 3 aromatic carbocycles. The van der Waals surface area contributed by atoms with Crippen LogP contribution in [0.3, 0.4) is 0 Å². The molecule has 35 heavy (non-hydrogen) atoms. The van der Waals surface area contributed by atoms with Crippen LogP contribution in [0.4, 0.5) is 4.39 Å². The predicted octanol–water partition coefficient (Wildman–Crippen LogP) is 6.09. The number of rotatable bonds is 8. The molecule has 1 aromatic heterocycles. The summed E-state index contributed by atoms with van der Waals surface area (Å²) in [7, 11) is 1.71. The summed E-state index contributed by atoms with van der Waals surface area (Å²) in [4.78, 5) is 33.2. The van der Waals surface area contributed by atoms with Gasteiger partial charge in [-0.15, -0.1) is 0 Å². The fourth-order valence-electron chi connectivity index (χ4n) is 4.22. The minimum absolute atomic E-state index is 0.161. The number of aryl methyl sites for hydroxylation is 1. The van der Waals surface area contributed by atoms with E-state index in [2.05, 4.69) is 6.92 Å². The van der Waals surface area contributed by atoms with Gasteiger partial charge in [0.05, 0.1) is 22.6 Å². The molecular weight excluding hydrogens is 441 g/mol. The first-order valence-corrected chi connectivity index (χ1v) is 12.0. The molecule has 0 spiro atoms. The Morgan fingerprint density at radius 2 is 1.69 bits per heavy atom. The van der Waals surface area contributed by atoms with Gasteiger partial charge in [0, 0.05) is 12.6 Å². The fraction of sp³-hybridized carbons (Fsp3) is 0.276. The van der Waals surface area contributed by atoms with Crippen LogP contribution in [0.1, 0.15) is 60.9 Å². The molecule has 0 aliphatic carbocycles. The van der Waals surface area contributed by atoms with Crippen molar-refractivity contribution in [2.75, 3.05) is 7.05 Å². The van der Waals surface area contributed by atoms with E-state index in [1.807, 2.05) is 37.3 Å². The van der Waals surface area contributed by atoms with Gasteiger partial charge in [0.2, 0.25) is 0 Å². The number of benzene rings is 3. The maximum atomic E-state index is 13.6. The Labute approximate surface area is 204 Å². The number of unbranched alkanes of at least 4 members (excludes halogenated alkanes) is 2. The smallest absolute Gasteiger partial charge is 0.266 e. The molecule has 0 N–H and O–H groups in total. The first-order chi connectivity index (χ1) is 16.9. The van der Waals surface area contributed by atoms with Crippen LogP contribution >= 0.6 is 0 Å². The lowest BCUT2D eigenvalue weighted by atomic mass is 10.0. The van der Waals surface area contributed by atoms with Crippen LogP contribution in [0.2, 0.25) is 0 Å². The Bertz CT molecular complexity index is 1380. The maximum absolute atomic E-state index is 13.6. The van der Waals surface area contributed by atoms with E-state index in [9.17, 15) is 14.0 Å². The molecule has 180 valence electrons. The third-order valence-electron chi connectivity index (χ3n) is 6.43. The van der Waals surface area contributed by atoms with E-state index >= 15 is 0 Å². The number of carbonyl (C=O) groups is 1. The van der Waals surface area contributed by atoms with Crippen LogP contribution in [0.5, 0.6) is 0 Å². The summed E-state index contributed by atoms with van der Waals surface area (Å²) in [6.07, 6.45) is 4.50. The summed E-state index contributed by atoms with van der Waals surface area (Å²) >= 11 is 0. The second-order valence-electron chi connectivity index (χ2n) is 8.85. The van der Waals surface area contributed by atoms with Gasteiger partial charge in [0.15, 0.2) is 0 Å². The average Bonchev–Trinajstić information content (AvgIpc) is 2.88. The van der Waals surface area contributed by atoms with Gasteiger partial charge >= 0.3 is 0 Å². The minimum Gasteiger partial charge on any atom is -0.332 e. The topological polar surface area (TPSA) is 55.2 Å². The molecule has 5 nitrogen and oxygen atoms in total. The van der Waals surface area contributed by atoms with Gasteiger partial charge in [0.1, 0.15) is 11.6 Å². The van der Waals surface area contributed by atoms with E-state index in [0.29, 0.717) is 28.0 Å². The number of halogens is 1. The maximum Gasteiger partial charge on any atom is 0.266 e. The quantitative estimate of drug-likeness (QED) is 0.292. The second kappa shape index (κ2) is 10.6. The average molecular weight is 472 g/mol. The van der Waals surface area contributed by atoms with Crippen LogP contribution in [0, 0.1) is 5.82 Å². The summed E-state index contributed by atoms with van der Waals surface area (Å²) in [5.74, 6) is -0.145. The lowest BCUT2D eigenvalue weighted by molar-refractivity contribution is 0.0735. The van der Waals surface area contributed by atoms with E-state index < -0.39 is 11.9 Å². The van der Waals surface area contributed by atoms with Gasteiger partial charge in [0.25, 0.3) is 11.5 Å². The molecule has 1 atom stereocenters. The number of amides is 1. The molecular formula is C29H30FN3O2. The molecule has 1 amide bonds. The standard InChI is InChI=1S/C29H30FN3O2/c1-4-5-6-9-21-12-14-22(15-13-21)28(34)32(3)20(2)27-31-26-11-8-7-10-25(26)29(35)33(27)24-18-16-23(30)17-19-24/h7-8,10-20H,4-6,9H2,1-3H3. The van der Waals surface area contributed by atoms with E-state index in [1.54, 1.807) is 42.3 Å². The first kappa shape index (κ1) is 24.3. The van der Waals surface area contributed by atoms with Crippen molar-refractivity contribution < 1.29 is 9.18 Å². The molecule has 4 aromatic rings. The molecule has 0 saturated heterocycles. The van der Waals surface area contributed by atoms with Crippen molar-refractivity contribution in [1.82, 2.24) is 14.5 Å². The summed E-state index contributed by atoms with van der Waals surface area (Å²) in [6, 6.07) is 20.0. The molecule has 4 rings (SSSR count). The van der Waals surface area contributed by atoms with Gasteiger partial charge < -0.3 is 4.90 Å². The number of aromatic nitrogens is 2. The van der Waals surface area contributed by atoms with E-state index in [4.69, 9.17) is 4.98 Å². The number of carbonyl (C=O) groups excluding carboxylic acids is 1. The number of hydrogen-bond donors (Lipinski definition) is 0. The van der Waals surface area contributed by atoms with Gasteiger partial charge in [-0.05, 0) is 73.9 Å². The molecule has 0 saturated carbocycles. The highest BCUT2D eigenvalue weighted by Crippen LogP contribution is 2.23. The van der Waals surface area contributed by atoms with Crippen molar-refractivity contribution in [3.8, 4) is 5.69 Å². The molecule has 1 unspecified atom stereocenters. The number of para-hydroxylation sites is 1. The largest absolute Gasteiger partial charge is 0.332 e. The molecule has 1 heterocycles. The molecule has 0 aliphatic rings. The van der Waals surface area contributed by atoms with Crippen LogP contribution in [0.25, 0.3) is 16.6 Å². The van der Waals surface area contributed by atoms with Crippen LogP contribution in [0.15, 0.2) is 77.6 Å². The zero-order valence-electron chi connectivity index (χ0n) is 20.4. The van der Waals surface area contributed by atoms with Crippen molar-refractivity contribution >= 4 is 16.8 Å². The summed E-state index contributed by atoms with van der Waals surface area (Å²) < 4.78 is 15.1. The Hall–Kier alpha value is -3.80. The molecule has 0 radical (unpaired) electrons. The minimum atomic E-state index is -0.519. The van der Waals surface area contributed by atoms with Gasteiger partial charge in [-0.1, -0.05) is 44.0 Å². The van der Waals surface area contributed by atoms with Gasteiger partial charge in [-0.2, -0.15) is 0 Å². The normalized spacial score (nSPS) is 12.0. The van der Waals surface area contributed by atoms with Crippen molar-refractivity contribution in [2.45, 2.75) is 45.6 Å². The van der Waals surface area contributed by atoms with E-state index in [-0.39, 0.29) is 11.5 Å². The van der Waals surface area contributed by atoms with Crippen molar-refractivity contribution in [2.24, 2.45) is 0 Å². The molecule has 0 fully saturated rings. The fourth-order valence-corrected chi connectivity index (χ4v) is 4.22. The highest BCUT2D eigenvalue weighted by molar-refractivity contribution is 5.94. The highest BCUT2D eigenvalue weighted by atomic mass is 19.1. The predicted molar refractivity (Wildman–Crippen MR) is 137 cm³/mol. The second-order valence-corrected chi connectivity index (χ2v) is 8.85. The highest BCUT2D eigenvalue weighted by Gasteiger charge is 2.25. The number of fused-ring (bicyclic) bond motifs is 1. The Morgan fingerprint density at radius 1 is 1.00 bits per heavy atom. The summed E-state index contributed by atoms with van der Waals surface area (Å²) in [5, 5.41) is 0.459. The molecule has 6 heteroatoms. The lowest BCUT2D eigenvalue weighted by Gasteiger charge is -2.27.